The van der Waals surface area contributed by atoms with Crippen LogP contribution >= 0.6 is 0 Å². The summed E-state index contributed by atoms with van der Waals surface area (Å²) < 4.78 is 65.5. The largest absolute Gasteiger partial charge is 0.319 e. The predicted octanol–water partition coefficient (Wildman–Crippen LogP) is 1.72. The molecule has 0 radical (unpaired) electrons. The Balaban J connectivity index is 2.22. The van der Waals surface area contributed by atoms with Crippen molar-refractivity contribution in [1.29, 1.82) is 0 Å². The minimum atomic E-state index is -4.14. The smallest absolute Gasteiger partial charge is 0.246 e. The van der Waals surface area contributed by atoms with Crippen LogP contribution in [0.5, 0.6) is 0 Å². The molecule has 2 rings (SSSR count). The molecular weight excluding hydrogens is 305 g/mol. The first-order chi connectivity index (χ1) is 9.87. The molecule has 0 unspecified atom stereocenters. The summed E-state index contributed by atoms with van der Waals surface area (Å²) in [5.74, 6) is -4.47. The minimum Gasteiger partial charge on any atom is -0.319 e. The van der Waals surface area contributed by atoms with Crippen LogP contribution in [-0.4, -0.2) is 39.4 Å². The molecule has 21 heavy (non-hydrogen) atoms. The molecule has 0 amide bonds. The Morgan fingerprint density at radius 2 is 1.81 bits per heavy atom. The Labute approximate surface area is 122 Å². The number of sulfonamides is 1. The molecule has 118 valence electrons. The van der Waals surface area contributed by atoms with Gasteiger partial charge in [0.1, 0.15) is 4.90 Å². The molecule has 4 nitrogen and oxygen atoms in total. The van der Waals surface area contributed by atoms with Crippen molar-refractivity contribution in [3.63, 3.8) is 0 Å². The third-order valence-corrected chi connectivity index (χ3v) is 5.60. The van der Waals surface area contributed by atoms with Crippen LogP contribution in [0.2, 0.25) is 0 Å². The molecule has 0 bridgehead atoms. The van der Waals surface area contributed by atoms with Gasteiger partial charge in [0.25, 0.3) is 0 Å². The molecule has 0 aliphatic carbocycles. The zero-order valence-corrected chi connectivity index (χ0v) is 12.4. The van der Waals surface area contributed by atoms with E-state index in [0.717, 1.165) is 16.9 Å². The van der Waals surface area contributed by atoms with Gasteiger partial charge in [0.15, 0.2) is 17.5 Å². The summed E-state index contributed by atoms with van der Waals surface area (Å²) in [6.45, 7) is 1.27. The maximum absolute atomic E-state index is 13.7. The summed E-state index contributed by atoms with van der Waals surface area (Å²) in [6.07, 6.45) is 1.29. The van der Waals surface area contributed by atoms with Gasteiger partial charge in [-0.2, -0.15) is 4.31 Å². The second kappa shape index (κ2) is 6.33. The van der Waals surface area contributed by atoms with E-state index >= 15 is 0 Å². The predicted molar refractivity (Wildman–Crippen MR) is 71.7 cm³/mol. The summed E-state index contributed by atoms with van der Waals surface area (Å²) in [4.78, 5) is -0.812. The summed E-state index contributed by atoms with van der Waals surface area (Å²) in [5, 5.41) is 3.03. The molecule has 1 aromatic rings. The monoisotopic (exact) mass is 322 g/mol. The van der Waals surface area contributed by atoms with Crippen LogP contribution in [0.15, 0.2) is 17.0 Å². The third-order valence-electron chi connectivity index (χ3n) is 3.68. The van der Waals surface area contributed by atoms with Crippen molar-refractivity contribution >= 4 is 10.0 Å². The van der Waals surface area contributed by atoms with Crippen LogP contribution in [-0.2, 0) is 10.0 Å². The highest BCUT2D eigenvalue weighted by Crippen LogP contribution is 2.26. The lowest BCUT2D eigenvalue weighted by molar-refractivity contribution is 0.269. The molecule has 1 N–H and O–H groups in total. The summed E-state index contributed by atoms with van der Waals surface area (Å²) in [7, 11) is -2.32. The SMILES string of the molecule is CNCC1CCN(S(=O)(=O)c2ccc(F)c(F)c2F)CC1. The van der Waals surface area contributed by atoms with E-state index in [0.29, 0.717) is 24.8 Å². The molecule has 0 saturated carbocycles. The van der Waals surface area contributed by atoms with Gasteiger partial charge in [0, 0.05) is 13.1 Å². The van der Waals surface area contributed by atoms with Crippen molar-refractivity contribution in [1.82, 2.24) is 9.62 Å². The van der Waals surface area contributed by atoms with E-state index in [2.05, 4.69) is 5.32 Å². The molecule has 8 heteroatoms. The number of nitrogens with zero attached hydrogens (tertiary/aromatic N) is 1. The Bertz CT molecular complexity index is 614. The van der Waals surface area contributed by atoms with Crippen LogP contribution in [0, 0.1) is 23.4 Å². The van der Waals surface area contributed by atoms with Crippen molar-refractivity contribution in [2.24, 2.45) is 5.92 Å². The molecular formula is C13H17F3N2O2S. The minimum absolute atomic E-state index is 0.243. The van der Waals surface area contributed by atoms with Gasteiger partial charge in [-0.15, -0.1) is 0 Å². The summed E-state index contributed by atoms with van der Waals surface area (Å²) in [5.41, 5.74) is 0. The van der Waals surface area contributed by atoms with E-state index in [1.165, 1.54) is 0 Å². The average Bonchev–Trinajstić information content (AvgIpc) is 2.45. The number of benzene rings is 1. The van der Waals surface area contributed by atoms with E-state index in [9.17, 15) is 21.6 Å². The second-order valence-corrected chi connectivity index (χ2v) is 6.98. The average molecular weight is 322 g/mol. The van der Waals surface area contributed by atoms with E-state index < -0.39 is 32.4 Å². The lowest BCUT2D eigenvalue weighted by atomic mass is 9.98. The summed E-state index contributed by atoms with van der Waals surface area (Å²) in [6, 6.07) is 1.39. The Kier molecular flexibility index (Phi) is 4.90. The number of piperidine rings is 1. The normalized spacial score (nSPS) is 18.1. The fraction of sp³-hybridized carbons (Fsp3) is 0.538. The zero-order chi connectivity index (χ0) is 15.6. The van der Waals surface area contributed by atoms with Crippen LogP contribution in [0.1, 0.15) is 12.8 Å². The van der Waals surface area contributed by atoms with E-state index in [-0.39, 0.29) is 13.1 Å². The molecule has 0 atom stereocenters. The van der Waals surface area contributed by atoms with E-state index in [1.54, 1.807) is 0 Å². The fourth-order valence-corrected chi connectivity index (χ4v) is 4.01. The van der Waals surface area contributed by atoms with Crippen molar-refractivity contribution in [2.45, 2.75) is 17.7 Å². The van der Waals surface area contributed by atoms with Crippen molar-refractivity contribution in [3.8, 4) is 0 Å². The lowest BCUT2D eigenvalue weighted by Gasteiger charge is -2.31. The molecule has 1 aromatic carbocycles. The number of hydrogen-bond acceptors (Lipinski definition) is 3. The van der Waals surface area contributed by atoms with Gasteiger partial charge in [-0.1, -0.05) is 0 Å². The van der Waals surface area contributed by atoms with Crippen molar-refractivity contribution in [2.75, 3.05) is 26.7 Å². The molecule has 1 saturated heterocycles. The van der Waals surface area contributed by atoms with E-state index in [1.807, 2.05) is 7.05 Å². The van der Waals surface area contributed by atoms with Gasteiger partial charge >= 0.3 is 0 Å². The van der Waals surface area contributed by atoms with Gasteiger partial charge in [-0.05, 0) is 44.5 Å². The first-order valence-corrected chi connectivity index (χ1v) is 8.10. The molecule has 0 aromatic heterocycles. The van der Waals surface area contributed by atoms with Gasteiger partial charge in [-0.3, -0.25) is 0 Å². The quantitative estimate of drug-likeness (QED) is 0.859. The molecule has 1 fully saturated rings. The molecule has 1 aliphatic rings. The zero-order valence-electron chi connectivity index (χ0n) is 11.6. The maximum atomic E-state index is 13.7. The number of nitrogens with one attached hydrogen (secondary N) is 1. The van der Waals surface area contributed by atoms with Gasteiger partial charge in [0.05, 0.1) is 0 Å². The Morgan fingerprint density at radius 1 is 1.19 bits per heavy atom. The Morgan fingerprint density at radius 3 is 2.38 bits per heavy atom. The molecule has 1 heterocycles. The van der Waals surface area contributed by atoms with Crippen LogP contribution in [0.3, 0.4) is 0 Å². The highest BCUT2D eigenvalue weighted by atomic mass is 32.2. The number of rotatable bonds is 4. The molecule has 0 spiro atoms. The second-order valence-electron chi connectivity index (χ2n) is 5.08. The van der Waals surface area contributed by atoms with Crippen molar-refractivity contribution < 1.29 is 21.6 Å². The molecule has 1 aliphatic heterocycles. The first-order valence-electron chi connectivity index (χ1n) is 6.66. The van der Waals surface area contributed by atoms with E-state index in [4.69, 9.17) is 0 Å². The standard InChI is InChI=1S/C13H17F3N2O2S/c1-17-8-9-4-6-18(7-5-9)21(19,20)11-3-2-10(14)12(15)13(11)16/h2-3,9,17H,4-8H2,1H3. The highest BCUT2D eigenvalue weighted by molar-refractivity contribution is 7.89. The number of hydrogen-bond donors (Lipinski definition) is 1. The van der Waals surface area contributed by atoms with Gasteiger partial charge in [0.2, 0.25) is 10.0 Å². The van der Waals surface area contributed by atoms with Gasteiger partial charge in [-0.25, -0.2) is 21.6 Å². The lowest BCUT2D eigenvalue weighted by Crippen LogP contribution is -2.40. The number of halogens is 3. The maximum Gasteiger partial charge on any atom is 0.246 e. The van der Waals surface area contributed by atoms with Gasteiger partial charge < -0.3 is 5.32 Å². The highest BCUT2D eigenvalue weighted by Gasteiger charge is 2.32. The van der Waals surface area contributed by atoms with Crippen LogP contribution in [0.25, 0.3) is 0 Å². The van der Waals surface area contributed by atoms with Crippen LogP contribution in [0.4, 0.5) is 13.2 Å². The third kappa shape index (κ3) is 3.22. The first kappa shape index (κ1) is 16.3. The topological polar surface area (TPSA) is 49.4 Å². The fourth-order valence-electron chi connectivity index (χ4n) is 2.49. The van der Waals surface area contributed by atoms with Crippen molar-refractivity contribution in [3.05, 3.63) is 29.6 Å². The summed E-state index contributed by atoms with van der Waals surface area (Å²) >= 11 is 0. The van der Waals surface area contributed by atoms with Crippen LogP contribution < -0.4 is 5.32 Å². The Hall–Kier alpha value is -1.12.